The van der Waals surface area contributed by atoms with Crippen LogP contribution in [0.3, 0.4) is 0 Å². The maximum atomic E-state index is 11.8. The molecule has 7 heteroatoms. The van der Waals surface area contributed by atoms with Gasteiger partial charge >= 0.3 is 6.03 Å². The second-order valence-electron chi connectivity index (χ2n) is 5.80. The van der Waals surface area contributed by atoms with E-state index in [1.54, 1.807) is 0 Å². The molecule has 2 rings (SSSR count). The highest BCUT2D eigenvalue weighted by Gasteiger charge is 2.23. The molecule has 1 fully saturated rings. The molecule has 22 heavy (non-hydrogen) atoms. The number of carbonyl (C=O) groups excluding carboxylic acids is 2. The van der Waals surface area contributed by atoms with Crippen LogP contribution in [-0.2, 0) is 4.79 Å². The zero-order chi connectivity index (χ0) is 16.1. The Morgan fingerprint density at radius 1 is 1.32 bits per heavy atom. The first-order chi connectivity index (χ1) is 10.5. The van der Waals surface area contributed by atoms with Gasteiger partial charge < -0.3 is 9.73 Å². The molecule has 0 spiro atoms. The average Bonchev–Trinajstić information content (AvgIpc) is 2.78. The van der Waals surface area contributed by atoms with E-state index >= 15 is 0 Å². The van der Waals surface area contributed by atoms with E-state index in [0.717, 1.165) is 30.7 Å². The van der Waals surface area contributed by atoms with Crippen molar-refractivity contribution in [2.75, 3.05) is 5.75 Å². The fourth-order valence-electron chi connectivity index (χ4n) is 2.53. The topological polar surface area (TPSA) is 84.2 Å². The van der Waals surface area contributed by atoms with Crippen molar-refractivity contribution < 1.29 is 14.0 Å². The molecule has 0 radical (unpaired) electrons. The third-order valence-corrected chi connectivity index (χ3v) is 4.84. The maximum absolute atomic E-state index is 11.8. The highest BCUT2D eigenvalue weighted by Crippen LogP contribution is 2.23. The van der Waals surface area contributed by atoms with Crippen LogP contribution >= 0.6 is 11.8 Å². The van der Waals surface area contributed by atoms with E-state index < -0.39 is 6.03 Å². The van der Waals surface area contributed by atoms with Crippen LogP contribution in [0.5, 0.6) is 0 Å². The van der Waals surface area contributed by atoms with Crippen molar-refractivity contribution in [3.05, 3.63) is 11.5 Å². The van der Waals surface area contributed by atoms with Crippen LogP contribution < -0.4 is 10.6 Å². The van der Waals surface area contributed by atoms with Crippen molar-refractivity contribution in [3.63, 3.8) is 0 Å². The highest BCUT2D eigenvalue weighted by atomic mass is 32.2. The summed E-state index contributed by atoms with van der Waals surface area (Å²) in [6.07, 6.45) is 4.44. The Morgan fingerprint density at radius 3 is 2.68 bits per heavy atom. The van der Waals surface area contributed by atoms with E-state index in [0.29, 0.717) is 11.1 Å². The number of amides is 3. The molecule has 1 aliphatic carbocycles. The molecule has 1 saturated carbocycles. The summed E-state index contributed by atoms with van der Waals surface area (Å²) < 4.78 is 5.38. The smallest absolute Gasteiger partial charge is 0.321 e. The molecular weight excluding hydrogens is 302 g/mol. The molecule has 122 valence electrons. The standard InChI is InChI=1S/C15H23N3O3S/c1-9-6-4-5-7-12(9)17-14(20)18-13(19)8-22-15-16-10(2)11(3)21-15/h9,12H,4-8H2,1-3H3,(H2,17,18,19,20). The number of aromatic nitrogens is 1. The largest absolute Gasteiger partial charge is 0.437 e. The third-order valence-electron chi connectivity index (χ3n) is 4.02. The summed E-state index contributed by atoms with van der Waals surface area (Å²) in [6, 6.07) is -0.254. The molecule has 2 N–H and O–H groups in total. The molecule has 2 atom stereocenters. The number of oxazole rings is 1. The number of aryl methyl sites for hydroxylation is 2. The van der Waals surface area contributed by atoms with Gasteiger partial charge in [-0.3, -0.25) is 10.1 Å². The van der Waals surface area contributed by atoms with E-state index in [1.807, 2.05) is 13.8 Å². The number of thioether (sulfide) groups is 1. The fourth-order valence-corrected chi connectivity index (χ4v) is 3.24. The van der Waals surface area contributed by atoms with Gasteiger partial charge in [0.15, 0.2) is 0 Å². The van der Waals surface area contributed by atoms with Gasteiger partial charge in [-0.1, -0.05) is 31.5 Å². The van der Waals surface area contributed by atoms with Gasteiger partial charge in [-0.15, -0.1) is 0 Å². The molecule has 6 nitrogen and oxygen atoms in total. The zero-order valence-electron chi connectivity index (χ0n) is 13.3. The minimum absolute atomic E-state index is 0.104. The monoisotopic (exact) mass is 325 g/mol. The molecule has 1 heterocycles. The summed E-state index contributed by atoms with van der Waals surface area (Å²) in [6.45, 7) is 5.81. The number of hydrogen-bond acceptors (Lipinski definition) is 5. The molecular formula is C15H23N3O3S. The van der Waals surface area contributed by atoms with Crippen LogP contribution in [0.4, 0.5) is 4.79 Å². The van der Waals surface area contributed by atoms with Crippen molar-refractivity contribution in [1.29, 1.82) is 0 Å². The number of nitrogens with one attached hydrogen (secondary N) is 2. The van der Waals surface area contributed by atoms with Gasteiger partial charge in [-0.2, -0.15) is 0 Å². The molecule has 0 aliphatic heterocycles. The lowest BCUT2D eigenvalue weighted by Gasteiger charge is -2.29. The van der Waals surface area contributed by atoms with Crippen LogP contribution in [-0.4, -0.2) is 28.7 Å². The van der Waals surface area contributed by atoms with Crippen LogP contribution in [0, 0.1) is 19.8 Å². The quantitative estimate of drug-likeness (QED) is 0.832. The van der Waals surface area contributed by atoms with Gasteiger partial charge in [0.1, 0.15) is 5.76 Å². The first-order valence-corrected chi connectivity index (χ1v) is 8.61. The van der Waals surface area contributed by atoms with Crippen molar-refractivity contribution in [2.24, 2.45) is 5.92 Å². The Morgan fingerprint density at radius 2 is 2.05 bits per heavy atom. The molecule has 1 aromatic heterocycles. The first kappa shape index (κ1) is 16.9. The van der Waals surface area contributed by atoms with Crippen molar-refractivity contribution in [2.45, 2.75) is 57.7 Å². The minimum Gasteiger partial charge on any atom is -0.437 e. The van der Waals surface area contributed by atoms with Crippen molar-refractivity contribution in [3.8, 4) is 0 Å². The summed E-state index contributed by atoms with van der Waals surface area (Å²) in [5.74, 6) is 0.959. The molecule has 2 unspecified atom stereocenters. The number of rotatable bonds is 4. The maximum Gasteiger partial charge on any atom is 0.321 e. The lowest BCUT2D eigenvalue weighted by atomic mass is 9.86. The van der Waals surface area contributed by atoms with E-state index in [1.165, 1.54) is 18.2 Å². The van der Waals surface area contributed by atoms with Gasteiger partial charge in [0.2, 0.25) is 5.91 Å². The molecule has 0 aromatic carbocycles. The number of hydrogen-bond donors (Lipinski definition) is 2. The Hall–Kier alpha value is -1.50. The summed E-state index contributed by atoms with van der Waals surface area (Å²) in [5.41, 5.74) is 0.812. The summed E-state index contributed by atoms with van der Waals surface area (Å²) in [4.78, 5) is 27.8. The van der Waals surface area contributed by atoms with E-state index in [9.17, 15) is 9.59 Å². The first-order valence-electron chi connectivity index (χ1n) is 7.63. The summed E-state index contributed by atoms with van der Waals surface area (Å²) in [7, 11) is 0. The van der Waals surface area contributed by atoms with Crippen molar-refractivity contribution in [1.82, 2.24) is 15.6 Å². The van der Waals surface area contributed by atoms with Gasteiger partial charge in [-0.25, -0.2) is 9.78 Å². The second kappa shape index (κ2) is 7.67. The summed E-state index contributed by atoms with van der Waals surface area (Å²) >= 11 is 1.18. The average molecular weight is 325 g/mol. The van der Waals surface area contributed by atoms with Crippen LogP contribution in [0.1, 0.15) is 44.1 Å². The van der Waals surface area contributed by atoms with Crippen LogP contribution in [0.25, 0.3) is 0 Å². The number of imide groups is 1. The van der Waals surface area contributed by atoms with Crippen LogP contribution in [0.2, 0.25) is 0 Å². The Kier molecular flexibility index (Phi) is 5.88. The lowest BCUT2D eigenvalue weighted by Crippen LogP contribution is -2.48. The molecule has 1 aliphatic rings. The van der Waals surface area contributed by atoms with Crippen molar-refractivity contribution >= 4 is 23.7 Å². The fraction of sp³-hybridized carbons (Fsp3) is 0.667. The summed E-state index contributed by atoms with van der Waals surface area (Å²) in [5, 5.41) is 5.70. The molecule has 0 saturated heterocycles. The van der Waals surface area contributed by atoms with E-state index in [-0.39, 0.29) is 17.7 Å². The Labute approximate surface area is 134 Å². The number of carbonyl (C=O) groups is 2. The predicted molar refractivity (Wildman–Crippen MR) is 84.8 cm³/mol. The van der Waals surface area contributed by atoms with Gasteiger partial charge in [-0.05, 0) is 32.6 Å². The normalized spacial score (nSPS) is 21.4. The van der Waals surface area contributed by atoms with E-state index in [2.05, 4.69) is 22.5 Å². The predicted octanol–water partition coefficient (Wildman–Crippen LogP) is 2.79. The van der Waals surface area contributed by atoms with E-state index in [4.69, 9.17) is 4.42 Å². The Balaban J connectivity index is 1.73. The van der Waals surface area contributed by atoms with Crippen LogP contribution in [0.15, 0.2) is 9.64 Å². The number of nitrogens with zero attached hydrogens (tertiary/aromatic N) is 1. The van der Waals surface area contributed by atoms with Gasteiger partial charge in [0.25, 0.3) is 5.22 Å². The Bertz CT molecular complexity index is 525. The van der Waals surface area contributed by atoms with Gasteiger partial charge in [0.05, 0.1) is 11.4 Å². The number of urea groups is 1. The van der Waals surface area contributed by atoms with Gasteiger partial charge in [0, 0.05) is 6.04 Å². The highest BCUT2D eigenvalue weighted by molar-refractivity contribution is 7.99. The minimum atomic E-state index is -0.413. The lowest BCUT2D eigenvalue weighted by molar-refractivity contribution is -0.117. The molecule has 3 amide bonds. The molecule has 1 aromatic rings. The third kappa shape index (κ3) is 4.76. The zero-order valence-corrected chi connectivity index (χ0v) is 14.1. The molecule has 0 bridgehead atoms. The SMILES string of the molecule is Cc1nc(SCC(=O)NC(=O)NC2CCCCC2C)oc1C. The second-order valence-corrected chi connectivity index (χ2v) is 6.73.